The van der Waals surface area contributed by atoms with Crippen LogP contribution in [0.1, 0.15) is 31.1 Å². The summed E-state index contributed by atoms with van der Waals surface area (Å²) in [6, 6.07) is 37.9. The molecule has 0 saturated carbocycles. The van der Waals surface area contributed by atoms with Crippen LogP contribution in [0.5, 0.6) is 0 Å². The van der Waals surface area contributed by atoms with Crippen molar-refractivity contribution in [3.05, 3.63) is 144 Å². The summed E-state index contributed by atoms with van der Waals surface area (Å²) in [5.74, 6) is -2.18. The molecular weight excluding hydrogens is 614 g/mol. The third-order valence-corrected chi connectivity index (χ3v) is 9.20. The standard InChI is InChI=1S/3C11H8O2.Sb/c3*12-11(13)10-7-3-5-8-4-1-2-6-9(8)10;/h3*1-7H,(H,12,13);/q;;;+3/p-3. The van der Waals surface area contributed by atoms with Gasteiger partial charge >= 0.3 is 239 Å². The summed E-state index contributed by atoms with van der Waals surface area (Å²) >= 11 is -4.27. The van der Waals surface area contributed by atoms with E-state index in [1.165, 1.54) is 0 Å². The van der Waals surface area contributed by atoms with Crippen LogP contribution in [0.25, 0.3) is 32.3 Å². The minimum atomic E-state index is -4.27. The number of carbonyl (C=O) groups is 3. The SMILES string of the molecule is O=C([O][Sb]([O]C(=O)c1cccc2ccccc12)[O]C(=O)c1cccc2ccccc12)c1cccc2ccccc12. The van der Waals surface area contributed by atoms with Crippen molar-refractivity contribution in [3.63, 3.8) is 0 Å². The molecule has 6 nitrogen and oxygen atoms in total. The Hall–Kier alpha value is -4.67. The van der Waals surface area contributed by atoms with Crippen molar-refractivity contribution >= 4 is 71.7 Å². The Balaban J connectivity index is 1.34. The van der Waals surface area contributed by atoms with Gasteiger partial charge in [0.15, 0.2) is 0 Å². The molecule has 0 spiro atoms. The first-order chi connectivity index (χ1) is 19.6. The molecule has 0 aliphatic carbocycles. The number of rotatable bonds is 6. The number of hydrogen-bond donors (Lipinski definition) is 0. The molecule has 7 heteroatoms. The molecule has 0 heterocycles. The number of benzene rings is 6. The van der Waals surface area contributed by atoms with Crippen molar-refractivity contribution in [1.29, 1.82) is 0 Å². The van der Waals surface area contributed by atoms with Gasteiger partial charge < -0.3 is 0 Å². The average molecular weight is 635 g/mol. The zero-order valence-corrected chi connectivity index (χ0v) is 23.6. The third-order valence-electron chi connectivity index (χ3n) is 6.50. The van der Waals surface area contributed by atoms with E-state index in [1.807, 2.05) is 72.8 Å². The second-order valence-electron chi connectivity index (χ2n) is 8.94. The van der Waals surface area contributed by atoms with E-state index in [1.54, 1.807) is 54.6 Å². The second kappa shape index (κ2) is 11.2. The molecule has 0 unspecified atom stereocenters. The van der Waals surface area contributed by atoms with E-state index >= 15 is 0 Å². The molecule has 0 aliphatic rings. The fraction of sp³-hybridized carbons (Fsp3) is 0. The molecule has 40 heavy (non-hydrogen) atoms. The van der Waals surface area contributed by atoms with Crippen molar-refractivity contribution < 1.29 is 23.4 Å². The Labute approximate surface area is 238 Å². The molecule has 6 aromatic carbocycles. The summed E-state index contributed by atoms with van der Waals surface area (Å²) in [7, 11) is 0. The number of hydrogen-bond acceptors (Lipinski definition) is 6. The zero-order valence-electron chi connectivity index (χ0n) is 21.0. The van der Waals surface area contributed by atoms with E-state index in [4.69, 9.17) is 9.05 Å². The Morgan fingerprint density at radius 3 is 0.975 bits per heavy atom. The number of fused-ring (bicyclic) bond motifs is 3. The van der Waals surface area contributed by atoms with Gasteiger partial charge in [-0.2, -0.15) is 0 Å². The van der Waals surface area contributed by atoms with Gasteiger partial charge in [-0.3, -0.25) is 0 Å². The second-order valence-corrected chi connectivity index (χ2v) is 11.8. The molecule has 0 aliphatic heterocycles. The van der Waals surface area contributed by atoms with Crippen molar-refractivity contribution in [2.24, 2.45) is 0 Å². The van der Waals surface area contributed by atoms with Gasteiger partial charge in [0.1, 0.15) is 0 Å². The zero-order chi connectivity index (χ0) is 27.5. The summed E-state index contributed by atoms with van der Waals surface area (Å²) in [5, 5.41) is 4.58. The molecule has 0 N–H and O–H groups in total. The van der Waals surface area contributed by atoms with Gasteiger partial charge in [-0.05, 0) is 0 Å². The monoisotopic (exact) mass is 634 g/mol. The van der Waals surface area contributed by atoms with Crippen molar-refractivity contribution in [1.82, 2.24) is 0 Å². The average Bonchev–Trinajstić information content (AvgIpc) is 3.00. The number of carbonyl (C=O) groups excluding carboxylic acids is 3. The first-order valence-electron chi connectivity index (χ1n) is 12.5. The van der Waals surface area contributed by atoms with Gasteiger partial charge in [-0.1, -0.05) is 0 Å². The van der Waals surface area contributed by atoms with Gasteiger partial charge in [0, 0.05) is 0 Å². The summed E-state index contributed by atoms with van der Waals surface area (Å²) < 4.78 is 17.1. The van der Waals surface area contributed by atoms with Crippen LogP contribution >= 0.6 is 0 Å². The molecule has 6 aromatic rings. The van der Waals surface area contributed by atoms with Gasteiger partial charge in [-0.25, -0.2) is 0 Å². The molecule has 0 fully saturated rings. The van der Waals surface area contributed by atoms with Crippen LogP contribution in [-0.4, -0.2) is 39.4 Å². The maximum atomic E-state index is 13.4. The van der Waals surface area contributed by atoms with Crippen LogP contribution in [0.4, 0.5) is 0 Å². The minimum absolute atomic E-state index is 0.287. The van der Waals surface area contributed by atoms with E-state index in [0.717, 1.165) is 16.2 Å². The van der Waals surface area contributed by atoms with Crippen LogP contribution in [0.2, 0.25) is 0 Å². The first kappa shape index (κ1) is 25.6. The van der Waals surface area contributed by atoms with Crippen molar-refractivity contribution in [3.8, 4) is 0 Å². The molecule has 0 atom stereocenters. The van der Waals surface area contributed by atoms with Gasteiger partial charge in [0.05, 0.1) is 0 Å². The molecule has 0 radical (unpaired) electrons. The Kier molecular flexibility index (Phi) is 7.17. The normalized spacial score (nSPS) is 11.0. The summed E-state index contributed by atoms with van der Waals surface area (Å²) in [6.45, 7) is 0. The molecule has 0 aromatic heterocycles. The van der Waals surface area contributed by atoms with E-state index in [2.05, 4.69) is 0 Å². The third kappa shape index (κ3) is 5.14. The van der Waals surface area contributed by atoms with Crippen LogP contribution in [0, 0.1) is 0 Å². The molecular formula is C33H21O6Sb. The predicted molar refractivity (Wildman–Crippen MR) is 154 cm³/mol. The molecule has 0 saturated heterocycles. The van der Waals surface area contributed by atoms with Crippen LogP contribution < -0.4 is 0 Å². The van der Waals surface area contributed by atoms with Gasteiger partial charge in [0.2, 0.25) is 0 Å². The van der Waals surface area contributed by atoms with Crippen LogP contribution in [0.3, 0.4) is 0 Å². The van der Waals surface area contributed by atoms with E-state index < -0.39 is 39.4 Å². The Bertz CT molecular complexity index is 1680. The Morgan fingerprint density at radius 2 is 0.650 bits per heavy atom. The molecule has 0 bridgehead atoms. The molecule has 0 amide bonds. The van der Waals surface area contributed by atoms with Crippen LogP contribution in [-0.2, 0) is 9.05 Å². The van der Waals surface area contributed by atoms with Crippen LogP contribution in [0.15, 0.2) is 127 Å². The summed E-state index contributed by atoms with van der Waals surface area (Å²) in [4.78, 5) is 40.1. The fourth-order valence-electron chi connectivity index (χ4n) is 4.62. The Morgan fingerprint density at radius 1 is 0.375 bits per heavy atom. The van der Waals surface area contributed by atoms with Gasteiger partial charge in [0.25, 0.3) is 0 Å². The van der Waals surface area contributed by atoms with E-state index in [0.29, 0.717) is 16.2 Å². The fourth-order valence-corrected chi connectivity index (χ4v) is 6.94. The molecule has 6 rings (SSSR count). The predicted octanol–water partition coefficient (Wildman–Crippen LogP) is 7.00. The summed E-state index contributed by atoms with van der Waals surface area (Å²) in [5.41, 5.74) is 0.861. The van der Waals surface area contributed by atoms with E-state index in [9.17, 15) is 14.4 Å². The quantitative estimate of drug-likeness (QED) is 0.184. The van der Waals surface area contributed by atoms with Crippen molar-refractivity contribution in [2.75, 3.05) is 0 Å². The first-order valence-corrected chi connectivity index (χ1v) is 15.6. The van der Waals surface area contributed by atoms with Crippen molar-refractivity contribution in [2.45, 2.75) is 0 Å². The van der Waals surface area contributed by atoms with E-state index in [-0.39, 0.29) is 16.7 Å². The summed E-state index contributed by atoms with van der Waals surface area (Å²) in [6.07, 6.45) is 0. The van der Waals surface area contributed by atoms with Gasteiger partial charge in [-0.15, -0.1) is 0 Å². The topological polar surface area (TPSA) is 78.9 Å². The maximum absolute atomic E-state index is 13.4. The molecule has 194 valence electrons.